The summed E-state index contributed by atoms with van der Waals surface area (Å²) < 4.78 is 67.8. The summed E-state index contributed by atoms with van der Waals surface area (Å²) in [6.07, 6.45) is -4.46. The van der Waals surface area contributed by atoms with Crippen LogP contribution in [0.2, 0.25) is 0 Å². The number of carbonyl (C=O) groups is 1. The van der Waals surface area contributed by atoms with Gasteiger partial charge in [0, 0.05) is 44.2 Å². The SMILES string of the molecule is CC(C)CN(C[C@@H]1CN(Cc2cccc(F)c2)C[C@@H]1c1cccc(C(F)(F)F)c1)C(=O)c1ccc(F)cc1. The molecule has 1 aliphatic heterocycles. The van der Waals surface area contributed by atoms with Crippen molar-refractivity contribution in [2.75, 3.05) is 26.2 Å². The zero-order valence-electron chi connectivity index (χ0n) is 21.4. The standard InChI is InChI=1S/C30H31F5N2O/c1-20(2)15-37(29(38)22-9-11-26(31)12-10-22)18-24-17-36(16-21-5-3-8-27(32)13-21)19-28(24)23-6-4-7-25(14-23)30(33,34)35/h3-14,20,24,28H,15-19H2,1-2H3/t24-,28+/m0/s1. The van der Waals surface area contributed by atoms with Gasteiger partial charge in [-0.05, 0) is 65.4 Å². The average molecular weight is 531 g/mol. The summed E-state index contributed by atoms with van der Waals surface area (Å²) >= 11 is 0. The second-order valence-electron chi connectivity index (χ2n) is 10.4. The first kappa shape index (κ1) is 27.8. The monoisotopic (exact) mass is 530 g/mol. The number of hydrogen-bond donors (Lipinski definition) is 0. The minimum absolute atomic E-state index is 0.149. The maximum absolute atomic E-state index is 13.8. The van der Waals surface area contributed by atoms with E-state index in [9.17, 15) is 26.7 Å². The zero-order chi connectivity index (χ0) is 27.4. The Bertz CT molecular complexity index is 1240. The van der Waals surface area contributed by atoms with E-state index >= 15 is 0 Å². The molecular weight excluding hydrogens is 499 g/mol. The molecule has 202 valence electrons. The van der Waals surface area contributed by atoms with Crippen molar-refractivity contribution in [2.45, 2.75) is 32.5 Å². The van der Waals surface area contributed by atoms with Gasteiger partial charge in [0.15, 0.2) is 0 Å². The molecule has 0 N–H and O–H groups in total. The van der Waals surface area contributed by atoms with Crippen LogP contribution in [-0.2, 0) is 12.7 Å². The molecule has 0 bridgehead atoms. The quantitative estimate of drug-likeness (QED) is 0.293. The molecule has 8 heteroatoms. The van der Waals surface area contributed by atoms with Gasteiger partial charge < -0.3 is 4.90 Å². The minimum Gasteiger partial charge on any atom is -0.338 e. The maximum atomic E-state index is 13.8. The smallest absolute Gasteiger partial charge is 0.338 e. The van der Waals surface area contributed by atoms with E-state index in [0.29, 0.717) is 43.9 Å². The number of halogens is 5. The number of carbonyl (C=O) groups excluding carboxylic acids is 1. The highest BCUT2D eigenvalue weighted by Gasteiger charge is 2.38. The lowest BCUT2D eigenvalue weighted by Gasteiger charge is -2.30. The fraction of sp³-hybridized carbons (Fsp3) is 0.367. The Hall–Kier alpha value is -3.26. The summed E-state index contributed by atoms with van der Waals surface area (Å²) in [5.41, 5.74) is 0.983. The molecule has 3 nitrogen and oxygen atoms in total. The second kappa shape index (κ2) is 11.6. The number of likely N-dealkylation sites (tertiary alicyclic amines) is 1. The fourth-order valence-corrected chi connectivity index (χ4v) is 5.23. The van der Waals surface area contributed by atoms with Crippen molar-refractivity contribution in [3.05, 3.63) is 107 Å². The normalized spacial score (nSPS) is 18.2. The summed E-state index contributed by atoms with van der Waals surface area (Å²) in [6, 6.07) is 17.0. The molecule has 1 fully saturated rings. The van der Waals surface area contributed by atoms with Gasteiger partial charge in [-0.15, -0.1) is 0 Å². The van der Waals surface area contributed by atoms with Gasteiger partial charge in [-0.2, -0.15) is 13.2 Å². The molecule has 0 saturated carbocycles. The predicted octanol–water partition coefficient (Wildman–Crippen LogP) is 7.00. The van der Waals surface area contributed by atoms with Gasteiger partial charge in [-0.25, -0.2) is 8.78 Å². The lowest BCUT2D eigenvalue weighted by molar-refractivity contribution is -0.137. The summed E-state index contributed by atoms with van der Waals surface area (Å²) in [4.78, 5) is 17.2. The number of nitrogens with zero attached hydrogens (tertiary/aromatic N) is 2. The minimum atomic E-state index is -4.46. The molecule has 1 amide bonds. The van der Waals surface area contributed by atoms with Crippen LogP contribution in [0, 0.1) is 23.5 Å². The van der Waals surface area contributed by atoms with Gasteiger partial charge >= 0.3 is 6.18 Å². The van der Waals surface area contributed by atoms with E-state index in [4.69, 9.17) is 0 Å². The Kier molecular flexibility index (Phi) is 8.51. The first-order valence-electron chi connectivity index (χ1n) is 12.7. The molecule has 0 radical (unpaired) electrons. The van der Waals surface area contributed by atoms with Crippen LogP contribution in [-0.4, -0.2) is 41.9 Å². The van der Waals surface area contributed by atoms with Crippen molar-refractivity contribution in [3.8, 4) is 0 Å². The summed E-state index contributed by atoms with van der Waals surface area (Å²) in [7, 11) is 0. The molecule has 1 heterocycles. The third-order valence-electron chi connectivity index (χ3n) is 6.87. The first-order chi connectivity index (χ1) is 18.0. The van der Waals surface area contributed by atoms with E-state index in [-0.39, 0.29) is 29.5 Å². The molecule has 3 aromatic rings. The van der Waals surface area contributed by atoms with Gasteiger partial charge in [0.2, 0.25) is 0 Å². The van der Waals surface area contributed by atoms with Crippen LogP contribution in [0.1, 0.15) is 46.8 Å². The van der Waals surface area contributed by atoms with Crippen molar-refractivity contribution in [1.82, 2.24) is 9.80 Å². The van der Waals surface area contributed by atoms with E-state index in [0.717, 1.165) is 11.6 Å². The van der Waals surface area contributed by atoms with Gasteiger partial charge in [-0.1, -0.05) is 44.2 Å². The van der Waals surface area contributed by atoms with Crippen LogP contribution in [0.15, 0.2) is 72.8 Å². The Labute approximate surface area is 219 Å². The number of benzene rings is 3. The summed E-state index contributed by atoms with van der Waals surface area (Å²) in [5.74, 6) is -1.30. The molecule has 0 aromatic heterocycles. The molecule has 0 unspecified atom stereocenters. The summed E-state index contributed by atoms with van der Waals surface area (Å²) in [6.45, 7) is 6.20. The highest BCUT2D eigenvalue weighted by Crippen LogP contribution is 2.37. The predicted molar refractivity (Wildman–Crippen MR) is 136 cm³/mol. The third-order valence-corrected chi connectivity index (χ3v) is 6.87. The summed E-state index contributed by atoms with van der Waals surface area (Å²) in [5, 5.41) is 0. The van der Waals surface area contributed by atoms with Gasteiger partial charge in [-0.3, -0.25) is 9.69 Å². The zero-order valence-corrected chi connectivity index (χ0v) is 21.4. The van der Waals surface area contributed by atoms with Crippen molar-refractivity contribution < 1.29 is 26.7 Å². The molecular formula is C30H31F5N2O. The number of alkyl halides is 3. The maximum Gasteiger partial charge on any atom is 0.416 e. The van der Waals surface area contributed by atoms with E-state index in [2.05, 4.69) is 4.90 Å². The second-order valence-corrected chi connectivity index (χ2v) is 10.4. The fourth-order valence-electron chi connectivity index (χ4n) is 5.23. The van der Waals surface area contributed by atoms with Gasteiger partial charge in [0.1, 0.15) is 11.6 Å². The van der Waals surface area contributed by atoms with Crippen LogP contribution >= 0.6 is 0 Å². The van der Waals surface area contributed by atoms with Gasteiger partial charge in [0.25, 0.3) is 5.91 Å². The van der Waals surface area contributed by atoms with Crippen LogP contribution in [0.3, 0.4) is 0 Å². The van der Waals surface area contributed by atoms with Crippen molar-refractivity contribution >= 4 is 5.91 Å². The lowest BCUT2D eigenvalue weighted by Crippen LogP contribution is -2.39. The van der Waals surface area contributed by atoms with E-state index < -0.39 is 17.6 Å². The molecule has 0 aliphatic carbocycles. The van der Waals surface area contributed by atoms with E-state index in [1.807, 2.05) is 19.9 Å². The van der Waals surface area contributed by atoms with Crippen LogP contribution in [0.25, 0.3) is 0 Å². The highest BCUT2D eigenvalue weighted by molar-refractivity contribution is 5.94. The molecule has 4 rings (SSSR count). The Balaban J connectivity index is 1.63. The number of rotatable bonds is 8. The van der Waals surface area contributed by atoms with Crippen molar-refractivity contribution in [1.29, 1.82) is 0 Å². The Morgan fingerprint density at radius 2 is 1.66 bits per heavy atom. The first-order valence-corrected chi connectivity index (χ1v) is 12.7. The molecule has 38 heavy (non-hydrogen) atoms. The van der Waals surface area contributed by atoms with Crippen LogP contribution in [0.4, 0.5) is 22.0 Å². The number of amides is 1. The van der Waals surface area contributed by atoms with E-state index in [1.54, 1.807) is 17.0 Å². The average Bonchev–Trinajstić information content (AvgIpc) is 3.25. The topological polar surface area (TPSA) is 23.6 Å². The number of hydrogen-bond acceptors (Lipinski definition) is 2. The Morgan fingerprint density at radius 1 is 0.947 bits per heavy atom. The molecule has 0 spiro atoms. The largest absolute Gasteiger partial charge is 0.416 e. The molecule has 1 saturated heterocycles. The van der Waals surface area contributed by atoms with E-state index in [1.165, 1.54) is 48.5 Å². The highest BCUT2D eigenvalue weighted by atomic mass is 19.4. The lowest BCUT2D eigenvalue weighted by atomic mass is 9.87. The van der Waals surface area contributed by atoms with Crippen LogP contribution in [0.5, 0.6) is 0 Å². The molecule has 2 atom stereocenters. The Morgan fingerprint density at radius 3 is 2.32 bits per heavy atom. The van der Waals surface area contributed by atoms with Crippen molar-refractivity contribution in [3.63, 3.8) is 0 Å². The van der Waals surface area contributed by atoms with Crippen molar-refractivity contribution in [2.24, 2.45) is 11.8 Å². The third kappa shape index (κ3) is 6.98. The van der Waals surface area contributed by atoms with Gasteiger partial charge in [0.05, 0.1) is 5.56 Å². The molecule has 3 aromatic carbocycles. The molecule has 1 aliphatic rings. The van der Waals surface area contributed by atoms with Crippen LogP contribution < -0.4 is 0 Å².